The molecule has 0 N–H and O–H groups in total. The number of carbonyl (C=O) groups is 1. The van der Waals surface area contributed by atoms with Gasteiger partial charge < -0.3 is 0 Å². The molecule has 0 fully saturated rings. The quantitative estimate of drug-likeness (QED) is 0.531. The monoisotopic (exact) mass is 331 g/mol. The Labute approximate surface area is 143 Å². The average Bonchev–Trinajstić information content (AvgIpc) is 3.00. The van der Waals surface area contributed by atoms with Gasteiger partial charge in [0.1, 0.15) is 5.82 Å². The van der Waals surface area contributed by atoms with E-state index in [1.165, 1.54) is 24.3 Å². The summed E-state index contributed by atoms with van der Waals surface area (Å²) in [4.78, 5) is 21.2. The van der Waals surface area contributed by atoms with Crippen LogP contribution >= 0.6 is 0 Å². The second-order valence-corrected chi connectivity index (χ2v) is 5.69. The smallest absolute Gasteiger partial charge is 0.234 e. The van der Waals surface area contributed by atoms with Crippen LogP contribution in [0.25, 0.3) is 16.9 Å². The van der Waals surface area contributed by atoms with Crippen LogP contribution in [-0.2, 0) is 6.42 Å². The van der Waals surface area contributed by atoms with E-state index in [0.29, 0.717) is 11.5 Å². The van der Waals surface area contributed by atoms with E-state index in [1.807, 2.05) is 34.9 Å². The van der Waals surface area contributed by atoms with Crippen LogP contribution in [0.15, 0.2) is 73.1 Å². The summed E-state index contributed by atoms with van der Waals surface area (Å²) < 4.78 is 15.0. The van der Waals surface area contributed by atoms with Gasteiger partial charge in [-0.05, 0) is 42.5 Å². The summed E-state index contributed by atoms with van der Waals surface area (Å²) in [5.74, 6) is 0.0777. The maximum Gasteiger partial charge on any atom is 0.234 e. The number of hydrogen-bond donors (Lipinski definition) is 0. The maximum absolute atomic E-state index is 13.1. The molecule has 0 bridgehead atoms. The summed E-state index contributed by atoms with van der Waals surface area (Å²) in [5.41, 5.74) is 2.21. The van der Waals surface area contributed by atoms with Gasteiger partial charge in [-0.2, -0.15) is 0 Å². The van der Waals surface area contributed by atoms with Gasteiger partial charge in [-0.25, -0.2) is 14.4 Å². The lowest BCUT2D eigenvalue weighted by molar-refractivity contribution is 0.0991. The molecule has 0 saturated heterocycles. The lowest BCUT2D eigenvalue weighted by Gasteiger charge is -2.08. The van der Waals surface area contributed by atoms with Crippen LogP contribution in [0.5, 0.6) is 0 Å². The van der Waals surface area contributed by atoms with E-state index >= 15 is 0 Å². The number of nitrogens with zero attached hydrogens (tertiary/aromatic N) is 3. The van der Waals surface area contributed by atoms with E-state index in [0.717, 1.165) is 16.6 Å². The first-order chi connectivity index (χ1) is 12.2. The molecule has 0 aliphatic rings. The Bertz CT molecular complexity index is 1040. The van der Waals surface area contributed by atoms with Crippen molar-refractivity contribution >= 4 is 16.7 Å². The molecule has 0 spiro atoms. The molecule has 25 heavy (non-hydrogen) atoms. The SMILES string of the molecule is O=C(Cc1cc2ccccc2n1-c1ncccn1)c1ccc(F)cc1. The first kappa shape index (κ1) is 15.2. The van der Waals surface area contributed by atoms with Crippen molar-refractivity contribution in [2.45, 2.75) is 6.42 Å². The molecular formula is C20H14FN3O. The fourth-order valence-corrected chi connectivity index (χ4v) is 2.89. The summed E-state index contributed by atoms with van der Waals surface area (Å²) in [7, 11) is 0. The molecule has 0 aliphatic carbocycles. The molecule has 2 heterocycles. The minimum atomic E-state index is -0.358. The van der Waals surface area contributed by atoms with Gasteiger partial charge in [-0.15, -0.1) is 0 Å². The maximum atomic E-state index is 13.1. The number of Topliss-reactive ketones (excluding diaryl/α,β-unsaturated/α-hetero) is 1. The number of rotatable bonds is 4. The first-order valence-electron chi connectivity index (χ1n) is 7.88. The van der Waals surface area contributed by atoms with Crippen molar-refractivity contribution in [3.63, 3.8) is 0 Å². The summed E-state index contributed by atoms with van der Waals surface area (Å²) in [5, 5.41) is 1.01. The van der Waals surface area contributed by atoms with Gasteiger partial charge >= 0.3 is 0 Å². The molecule has 0 saturated carbocycles. The average molecular weight is 331 g/mol. The van der Waals surface area contributed by atoms with E-state index in [9.17, 15) is 9.18 Å². The topological polar surface area (TPSA) is 47.8 Å². The van der Waals surface area contributed by atoms with E-state index in [-0.39, 0.29) is 18.0 Å². The van der Waals surface area contributed by atoms with Crippen molar-refractivity contribution in [2.24, 2.45) is 0 Å². The van der Waals surface area contributed by atoms with Crippen molar-refractivity contribution in [1.29, 1.82) is 0 Å². The van der Waals surface area contributed by atoms with E-state index in [2.05, 4.69) is 9.97 Å². The van der Waals surface area contributed by atoms with Crippen molar-refractivity contribution in [1.82, 2.24) is 14.5 Å². The number of ketones is 1. The summed E-state index contributed by atoms with van der Waals surface area (Å²) in [6.45, 7) is 0. The molecule has 0 unspecified atom stereocenters. The van der Waals surface area contributed by atoms with Gasteiger partial charge in [-0.1, -0.05) is 18.2 Å². The Hall–Kier alpha value is -3.34. The van der Waals surface area contributed by atoms with E-state index in [1.54, 1.807) is 18.5 Å². The first-order valence-corrected chi connectivity index (χ1v) is 7.88. The van der Waals surface area contributed by atoms with Crippen LogP contribution in [0.1, 0.15) is 16.1 Å². The summed E-state index contributed by atoms with van der Waals surface area (Å²) in [6, 6.07) is 17.2. The molecule has 4 rings (SSSR count). The molecule has 5 heteroatoms. The van der Waals surface area contributed by atoms with Gasteiger partial charge in [0.05, 0.1) is 11.9 Å². The zero-order chi connectivity index (χ0) is 17.2. The molecule has 0 radical (unpaired) electrons. The molecule has 2 aromatic carbocycles. The van der Waals surface area contributed by atoms with Gasteiger partial charge in [0, 0.05) is 29.0 Å². The molecule has 0 atom stereocenters. The Kier molecular flexibility index (Phi) is 3.82. The van der Waals surface area contributed by atoms with Gasteiger partial charge in [-0.3, -0.25) is 9.36 Å². The zero-order valence-electron chi connectivity index (χ0n) is 13.3. The molecule has 2 aromatic heterocycles. The van der Waals surface area contributed by atoms with Gasteiger partial charge in [0.2, 0.25) is 5.95 Å². The predicted octanol–water partition coefficient (Wildman–Crippen LogP) is 3.99. The van der Waals surface area contributed by atoms with Crippen LogP contribution in [0.3, 0.4) is 0 Å². The number of halogens is 1. The fourth-order valence-electron chi connectivity index (χ4n) is 2.89. The molecule has 4 aromatic rings. The standard InChI is InChI=1S/C20H14FN3O/c21-16-8-6-14(7-9-16)19(25)13-17-12-15-4-1-2-5-18(15)24(17)20-22-10-3-11-23-20/h1-12H,13H2. The second kappa shape index (κ2) is 6.28. The highest BCUT2D eigenvalue weighted by molar-refractivity contribution is 5.98. The Morgan fingerprint density at radius 1 is 0.960 bits per heavy atom. The fraction of sp³-hybridized carbons (Fsp3) is 0.0500. The third-order valence-corrected chi connectivity index (χ3v) is 4.05. The van der Waals surface area contributed by atoms with Crippen LogP contribution < -0.4 is 0 Å². The zero-order valence-corrected chi connectivity index (χ0v) is 13.3. The Balaban J connectivity index is 1.79. The molecule has 0 aliphatic heterocycles. The highest BCUT2D eigenvalue weighted by atomic mass is 19.1. The third-order valence-electron chi connectivity index (χ3n) is 4.05. The van der Waals surface area contributed by atoms with Crippen LogP contribution in [-0.4, -0.2) is 20.3 Å². The van der Waals surface area contributed by atoms with Crippen LogP contribution in [0.4, 0.5) is 4.39 Å². The number of hydrogen-bond acceptors (Lipinski definition) is 3. The number of carbonyl (C=O) groups excluding carboxylic acids is 1. The Morgan fingerprint density at radius 2 is 1.68 bits per heavy atom. The molecular weight excluding hydrogens is 317 g/mol. The number of aromatic nitrogens is 3. The van der Waals surface area contributed by atoms with Crippen LogP contribution in [0.2, 0.25) is 0 Å². The Morgan fingerprint density at radius 3 is 2.44 bits per heavy atom. The normalized spacial score (nSPS) is 10.9. The second-order valence-electron chi connectivity index (χ2n) is 5.69. The summed E-state index contributed by atoms with van der Waals surface area (Å²) in [6.07, 6.45) is 3.52. The highest BCUT2D eigenvalue weighted by Gasteiger charge is 2.16. The van der Waals surface area contributed by atoms with E-state index < -0.39 is 0 Å². The van der Waals surface area contributed by atoms with E-state index in [4.69, 9.17) is 0 Å². The predicted molar refractivity (Wildman–Crippen MR) is 93.3 cm³/mol. The number of para-hydroxylation sites is 1. The van der Waals surface area contributed by atoms with Crippen LogP contribution in [0, 0.1) is 5.82 Å². The highest BCUT2D eigenvalue weighted by Crippen LogP contribution is 2.23. The molecule has 0 amide bonds. The third kappa shape index (κ3) is 2.92. The number of benzene rings is 2. The lowest BCUT2D eigenvalue weighted by Crippen LogP contribution is -2.10. The summed E-state index contributed by atoms with van der Waals surface area (Å²) >= 11 is 0. The van der Waals surface area contributed by atoms with Crippen molar-refractivity contribution in [2.75, 3.05) is 0 Å². The minimum absolute atomic E-state index is 0.0833. The van der Waals surface area contributed by atoms with Gasteiger partial charge in [0.15, 0.2) is 5.78 Å². The van der Waals surface area contributed by atoms with Crippen molar-refractivity contribution in [3.05, 3.63) is 90.1 Å². The number of fused-ring (bicyclic) bond motifs is 1. The largest absolute Gasteiger partial charge is 0.294 e. The molecule has 4 nitrogen and oxygen atoms in total. The minimum Gasteiger partial charge on any atom is -0.294 e. The van der Waals surface area contributed by atoms with Crippen molar-refractivity contribution < 1.29 is 9.18 Å². The lowest BCUT2D eigenvalue weighted by atomic mass is 10.1. The molecule has 122 valence electrons. The van der Waals surface area contributed by atoms with Gasteiger partial charge in [0.25, 0.3) is 0 Å². The van der Waals surface area contributed by atoms with Crippen molar-refractivity contribution in [3.8, 4) is 5.95 Å².